The second-order valence-electron chi connectivity index (χ2n) is 3.60. The summed E-state index contributed by atoms with van der Waals surface area (Å²) in [6, 6.07) is 7.36. The van der Waals surface area contributed by atoms with E-state index in [4.69, 9.17) is 5.73 Å². The largest absolute Gasteiger partial charge is 0.368 e. The van der Waals surface area contributed by atoms with Crippen LogP contribution in [0.1, 0.15) is 15.9 Å². The fourth-order valence-electron chi connectivity index (χ4n) is 1.43. The number of rotatable bonds is 2. The van der Waals surface area contributed by atoms with Crippen molar-refractivity contribution in [3.05, 3.63) is 47.8 Å². The molecule has 1 aromatic carbocycles. The van der Waals surface area contributed by atoms with Crippen LogP contribution in [-0.2, 0) is 0 Å². The van der Waals surface area contributed by atoms with Crippen molar-refractivity contribution in [1.29, 1.82) is 0 Å². The van der Waals surface area contributed by atoms with Crippen molar-refractivity contribution in [3.63, 3.8) is 0 Å². The maximum Gasteiger partial charge on any atom is 0.256 e. The van der Waals surface area contributed by atoms with Crippen molar-refractivity contribution >= 4 is 17.5 Å². The van der Waals surface area contributed by atoms with E-state index < -0.39 is 0 Å². The predicted octanol–water partition coefficient (Wildman–Crippen LogP) is 1.62. The number of nitrogens with one attached hydrogen (secondary N) is 1. The number of nitrogens with two attached hydrogens (primary N) is 1. The van der Waals surface area contributed by atoms with Gasteiger partial charge in [-0.2, -0.15) is 0 Å². The van der Waals surface area contributed by atoms with Gasteiger partial charge in [0.1, 0.15) is 0 Å². The summed E-state index contributed by atoms with van der Waals surface area (Å²) in [5.41, 5.74) is 7.43. The molecule has 86 valence electrons. The van der Waals surface area contributed by atoms with Gasteiger partial charge in [0, 0.05) is 5.56 Å². The maximum atomic E-state index is 11.9. The number of carbonyl (C=O) groups excluding carboxylic acids is 1. The summed E-state index contributed by atoms with van der Waals surface area (Å²) >= 11 is 0. The fourth-order valence-corrected chi connectivity index (χ4v) is 1.43. The third-order valence-corrected chi connectivity index (χ3v) is 2.32. The average Bonchev–Trinajstić information content (AvgIpc) is 2.32. The quantitative estimate of drug-likeness (QED) is 0.818. The van der Waals surface area contributed by atoms with Crippen molar-refractivity contribution in [3.8, 4) is 0 Å². The minimum atomic E-state index is -0.184. The molecule has 5 heteroatoms. The van der Waals surface area contributed by atoms with E-state index >= 15 is 0 Å². The maximum absolute atomic E-state index is 11.9. The number of aryl methyl sites for hydroxylation is 1. The molecule has 3 N–H and O–H groups in total. The lowest BCUT2D eigenvalue weighted by molar-refractivity contribution is 0.102. The second kappa shape index (κ2) is 4.61. The van der Waals surface area contributed by atoms with Gasteiger partial charge in [0.2, 0.25) is 5.95 Å². The fraction of sp³-hybridized carbons (Fsp3) is 0.0833. The molecule has 1 amide bonds. The standard InChI is InChI=1S/C12H12N4O/c1-8-4-2-3-5-10(8)11(17)16-9-6-14-12(13)15-7-9/h2-7H,1H3,(H,16,17)(H2,13,14,15). The molecule has 0 spiro atoms. The third-order valence-electron chi connectivity index (χ3n) is 2.32. The van der Waals surface area contributed by atoms with E-state index in [1.54, 1.807) is 6.07 Å². The predicted molar refractivity (Wildman–Crippen MR) is 65.6 cm³/mol. The second-order valence-corrected chi connectivity index (χ2v) is 3.60. The zero-order chi connectivity index (χ0) is 12.3. The molecule has 5 nitrogen and oxygen atoms in total. The van der Waals surface area contributed by atoms with Crippen LogP contribution in [0.3, 0.4) is 0 Å². The Hall–Kier alpha value is -2.43. The molecule has 0 aliphatic carbocycles. The molecule has 0 saturated heterocycles. The summed E-state index contributed by atoms with van der Waals surface area (Å²) in [5.74, 6) is -0.00429. The van der Waals surface area contributed by atoms with Crippen LogP contribution in [0, 0.1) is 6.92 Å². The Bertz CT molecular complexity index is 536. The molecule has 17 heavy (non-hydrogen) atoms. The normalized spacial score (nSPS) is 9.94. The molecular weight excluding hydrogens is 216 g/mol. The third kappa shape index (κ3) is 2.57. The molecule has 0 radical (unpaired) electrons. The zero-order valence-electron chi connectivity index (χ0n) is 9.34. The van der Waals surface area contributed by atoms with Crippen molar-refractivity contribution in [2.24, 2.45) is 0 Å². The highest BCUT2D eigenvalue weighted by atomic mass is 16.1. The van der Waals surface area contributed by atoms with Gasteiger partial charge in [-0.1, -0.05) is 18.2 Å². The first-order valence-corrected chi connectivity index (χ1v) is 5.11. The Morgan fingerprint density at radius 1 is 1.24 bits per heavy atom. The molecule has 0 aliphatic heterocycles. The zero-order valence-corrected chi connectivity index (χ0v) is 9.34. The first-order valence-electron chi connectivity index (χ1n) is 5.11. The number of hydrogen-bond donors (Lipinski definition) is 2. The number of amides is 1. The number of nitrogen functional groups attached to an aromatic ring is 1. The Morgan fingerprint density at radius 3 is 2.53 bits per heavy atom. The summed E-state index contributed by atoms with van der Waals surface area (Å²) in [6.45, 7) is 1.88. The van der Waals surface area contributed by atoms with E-state index in [0.29, 0.717) is 11.3 Å². The average molecular weight is 228 g/mol. The molecule has 2 aromatic rings. The molecule has 0 unspecified atom stereocenters. The van der Waals surface area contributed by atoms with Crippen LogP contribution in [-0.4, -0.2) is 15.9 Å². The summed E-state index contributed by atoms with van der Waals surface area (Å²) in [4.78, 5) is 19.5. The van der Waals surface area contributed by atoms with Crippen molar-refractivity contribution in [2.75, 3.05) is 11.1 Å². The Kier molecular flexibility index (Phi) is 3.00. The van der Waals surface area contributed by atoms with Crippen LogP contribution in [0.15, 0.2) is 36.7 Å². The summed E-state index contributed by atoms with van der Waals surface area (Å²) in [6.07, 6.45) is 2.94. The summed E-state index contributed by atoms with van der Waals surface area (Å²) in [7, 11) is 0. The lowest BCUT2D eigenvalue weighted by atomic mass is 10.1. The lowest BCUT2D eigenvalue weighted by Gasteiger charge is -2.06. The van der Waals surface area contributed by atoms with Crippen LogP contribution >= 0.6 is 0 Å². The smallest absolute Gasteiger partial charge is 0.256 e. The molecule has 0 bridgehead atoms. The summed E-state index contributed by atoms with van der Waals surface area (Å²) < 4.78 is 0. The van der Waals surface area contributed by atoms with Crippen LogP contribution in [0.5, 0.6) is 0 Å². The molecule has 1 aromatic heterocycles. The van der Waals surface area contributed by atoms with Gasteiger partial charge < -0.3 is 11.1 Å². The number of benzene rings is 1. The number of aromatic nitrogens is 2. The van der Waals surface area contributed by atoms with Crippen molar-refractivity contribution in [2.45, 2.75) is 6.92 Å². The van der Waals surface area contributed by atoms with Crippen LogP contribution in [0.25, 0.3) is 0 Å². The van der Waals surface area contributed by atoms with Crippen molar-refractivity contribution < 1.29 is 4.79 Å². The van der Waals surface area contributed by atoms with Gasteiger partial charge in [0.05, 0.1) is 18.1 Å². The van der Waals surface area contributed by atoms with Crippen molar-refractivity contribution in [1.82, 2.24) is 9.97 Å². The van der Waals surface area contributed by atoms with Crippen LogP contribution in [0.4, 0.5) is 11.6 Å². The molecule has 0 aliphatic rings. The van der Waals surface area contributed by atoms with Gasteiger partial charge in [-0.25, -0.2) is 9.97 Å². The minimum absolute atomic E-state index is 0.180. The van der Waals surface area contributed by atoms with Crippen LogP contribution < -0.4 is 11.1 Å². The Balaban J connectivity index is 2.17. The van der Waals surface area contributed by atoms with E-state index in [1.807, 2.05) is 25.1 Å². The van der Waals surface area contributed by atoms with Gasteiger partial charge in [0.15, 0.2) is 0 Å². The van der Waals surface area contributed by atoms with E-state index in [9.17, 15) is 4.79 Å². The number of anilines is 2. The first-order chi connectivity index (χ1) is 8.16. The van der Waals surface area contributed by atoms with Gasteiger partial charge >= 0.3 is 0 Å². The highest BCUT2D eigenvalue weighted by Gasteiger charge is 2.08. The molecule has 0 fully saturated rings. The Morgan fingerprint density at radius 2 is 1.88 bits per heavy atom. The topological polar surface area (TPSA) is 80.9 Å². The number of nitrogens with zero attached hydrogens (tertiary/aromatic N) is 2. The monoisotopic (exact) mass is 228 g/mol. The minimum Gasteiger partial charge on any atom is -0.368 e. The molecule has 0 saturated carbocycles. The molecular formula is C12H12N4O. The number of hydrogen-bond acceptors (Lipinski definition) is 4. The molecule has 2 rings (SSSR count). The van der Waals surface area contributed by atoms with Gasteiger partial charge in [-0.3, -0.25) is 4.79 Å². The van der Waals surface area contributed by atoms with Gasteiger partial charge in [-0.15, -0.1) is 0 Å². The highest BCUT2D eigenvalue weighted by Crippen LogP contribution is 2.10. The highest BCUT2D eigenvalue weighted by molar-refractivity contribution is 6.05. The van der Waals surface area contributed by atoms with E-state index in [2.05, 4.69) is 15.3 Å². The Labute approximate surface area is 98.7 Å². The molecule has 0 atom stereocenters. The van der Waals surface area contributed by atoms with Gasteiger partial charge in [0.25, 0.3) is 5.91 Å². The van der Waals surface area contributed by atoms with Gasteiger partial charge in [-0.05, 0) is 18.6 Å². The molecule has 1 heterocycles. The van der Waals surface area contributed by atoms with Crippen LogP contribution in [0.2, 0.25) is 0 Å². The number of carbonyl (C=O) groups is 1. The van der Waals surface area contributed by atoms with E-state index in [-0.39, 0.29) is 11.9 Å². The lowest BCUT2D eigenvalue weighted by Crippen LogP contribution is -2.13. The van der Waals surface area contributed by atoms with E-state index in [0.717, 1.165) is 5.56 Å². The first kappa shape index (κ1) is 11.1. The van der Waals surface area contributed by atoms with E-state index in [1.165, 1.54) is 12.4 Å². The summed E-state index contributed by atoms with van der Waals surface area (Å²) in [5, 5.41) is 2.71. The SMILES string of the molecule is Cc1ccccc1C(=O)Nc1cnc(N)nc1.